The Labute approximate surface area is 124 Å². The maximum absolute atomic E-state index is 5.53. The van der Waals surface area contributed by atoms with Crippen LogP contribution in [0.25, 0.3) is 0 Å². The highest BCUT2D eigenvalue weighted by Gasteiger charge is 2.25. The van der Waals surface area contributed by atoms with Crippen molar-refractivity contribution in [3.63, 3.8) is 0 Å². The minimum atomic E-state index is -0.0536. The molecule has 0 radical (unpaired) electrons. The molecule has 1 aromatic carbocycles. The lowest BCUT2D eigenvalue weighted by molar-refractivity contribution is 0.390. The highest BCUT2D eigenvalue weighted by Crippen LogP contribution is 2.32. The Morgan fingerprint density at radius 2 is 2.05 bits per heavy atom. The van der Waals surface area contributed by atoms with Crippen LogP contribution in [0.4, 0.5) is 0 Å². The normalized spacial score (nSPS) is 13.2. The average molecular weight is 287 g/mol. The number of hydrogen-bond acceptors (Lipinski definition) is 5. The van der Waals surface area contributed by atoms with Crippen molar-refractivity contribution in [2.75, 3.05) is 7.11 Å². The zero-order valence-electron chi connectivity index (χ0n) is 12.9. The van der Waals surface area contributed by atoms with Gasteiger partial charge >= 0.3 is 0 Å². The molecule has 0 aliphatic rings. The molecule has 0 aliphatic carbocycles. The van der Waals surface area contributed by atoms with Crippen LogP contribution < -0.4 is 10.6 Å². The molecule has 0 aliphatic heterocycles. The van der Waals surface area contributed by atoms with Gasteiger partial charge in [-0.3, -0.25) is 0 Å². The zero-order chi connectivity index (χ0) is 15.4. The lowest BCUT2D eigenvalue weighted by atomic mass is 9.86. The number of rotatable bonds is 5. The maximum Gasteiger partial charge on any atom is 0.138 e. The van der Waals surface area contributed by atoms with Gasteiger partial charge in [-0.1, -0.05) is 24.2 Å². The van der Waals surface area contributed by atoms with Crippen molar-refractivity contribution in [3.8, 4) is 5.75 Å². The second kappa shape index (κ2) is 6.43. The molecule has 2 N–H and O–H groups in total. The van der Waals surface area contributed by atoms with Crippen LogP contribution in [-0.4, -0.2) is 18.0 Å². The molecule has 112 valence electrons. The maximum atomic E-state index is 5.53. The third-order valence-electron chi connectivity index (χ3n) is 3.68. The molecular formula is C16H21N3O2. The van der Waals surface area contributed by atoms with Crippen LogP contribution in [0, 0.1) is 6.92 Å². The van der Waals surface area contributed by atoms with Crippen LogP contribution in [0.1, 0.15) is 42.3 Å². The number of nitrogens with two attached hydrogens (primary N) is 1. The van der Waals surface area contributed by atoms with Crippen LogP contribution in [0.5, 0.6) is 5.75 Å². The highest BCUT2D eigenvalue weighted by molar-refractivity contribution is 5.92. The number of ether oxygens (including phenoxy) is 1. The fourth-order valence-electron chi connectivity index (χ4n) is 2.54. The van der Waals surface area contributed by atoms with Gasteiger partial charge in [0.2, 0.25) is 0 Å². The smallest absolute Gasteiger partial charge is 0.138 e. The molecule has 1 aromatic heterocycles. The average Bonchev–Trinajstić information content (AvgIpc) is 2.89. The first-order valence-corrected chi connectivity index (χ1v) is 6.95. The van der Waals surface area contributed by atoms with Gasteiger partial charge in [0.25, 0.3) is 0 Å². The summed E-state index contributed by atoms with van der Waals surface area (Å²) in [6.45, 7) is 5.89. The Hall–Kier alpha value is -2.30. The van der Waals surface area contributed by atoms with Gasteiger partial charge in [-0.25, -0.2) is 0 Å². The molecule has 0 amide bonds. The van der Waals surface area contributed by atoms with Crippen LogP contribution in [-0.2, 0) is 6.42 Å². The summed E-state index contributed by atoms with van der Waals surface area (Å²) < 4.78 is 10.6. The van der Waals surface area contributed by atoms with Crippen molar-refractivity contribution < 1.29 is 9.26 Å². The van der Waals surface area contributed by atoms with Gasteiger partial charge in [0.05, 0.1) is 18.7 Å². The Kier molecular flexibility index (Phi) is 4.62. The molecule has 5 heteroatoms. The first-order valence-electron chi connectivity index (χ1n) is 6.95. The standard InChI is InChI=1S/C16H21N3O2/c1-5-14-16(11(3)21-19-14)15(10(2)18-17)12-6-8-13(20-4)9-7-12/h6-9,15H,5,17H2,1-4H3. The van der Waals surface area contributed by atoms with Gasteiger partial charge in [-0.05, 0) is 38.0 Å². The van der Waals surface area contributed by atoms with Gasteiger partial charge in [0, 0.05) is 11.3 Å². The summed E-state index contributed by atoms with van der Waals surface area (Å²) in [5.41, 5.74) is 3.90. The van der Waals surface area contributed by atoms with Gasteiger partial charge in [0.15, 0.2) is 0 Å². The summed E-state index contributed by atoms with van der Waals surface area (Å²) in [7, 11) is 1.65. The molecule has 0 saturated heterocycles. The molecule has 0 bridgehead atoms. The van der Waals surface area contributed by atoms with Crippen LogP contribution in [0.2, 0.25) is 0 Å². The van der Waals surface area contributed by atoms with E-state index in [0.717, 1.165) is 40.5 Å². The Bertz CT molecular complexity index is 629. The summed E-state index contributed by atoms with van der Waals surface area (Å²) in [6, 6.07) is 7.90. The lowest BCUT2D eigenvalue weighted by Gasteiger charge is -2.17. The number of nitrogens with zero attached hydrogens (tertiary/aromatic N) is 2. The van der Waals surface area contributed by atoms with E-state index in [4.69, 9.17) is 15.1 Å². The van der Waals surface area contributed by atoms with Crippen molar-refractivity contribution in [1.82, 2.24) is 5.16 Å². The number of aromatic nitrogens is 1. The fraction of sp³-hybridized carbons (Fsp3) is 0.375. The van der Waals surface area contributed by atoms with Gasteiger partial charge in [0.1, 0.15) is 11.5 Å². The van der Waals surface area contributed by atoms with E-state index >= 15 is 0 Å². The Balaban J connectivity index is 2.55. The molecule has 2 rings (SSSR count). The van der Waals surface area contributed by atoms with E-state index in [9.17, 15) is 0 Å². The molecule has 0 saturated carbocycles. The first-order chi connectivity index (χ1) is 10.1. The summed E-state index contributed by atoms with van der Waals surface area (Å²) in [5.74, 6) is 7.09. The lowest BCUT2D eigenvalue weighted by Crippen LogP contribution is -2.15. The topological polar surface area (TPSA) is 73.6 Å². The SMILES string of the molecule is CCc1noc(C)c1C(C(C)=NN)c1ccc(OC)cc1. The second-order valence-corrected chi connectivity index (χ2v) is 4.93. The van der Waals surface area contributed by atoms with Gasteiger partial charge < -0.3 is 15.1 Å². The first kappa shape index (κ1) is 15.1. The van der Waals surface area contributed by atoms with Crippen molar-refractivity contribution in [1.29, 1.82) is 0 Å². The van der Waals surface area contributed by atoms with Crippen molar-refractivity contribution in [2.24, 2.45) is 10.9 Å². The van der Waals surface area contributed by atoms with E-state index in [1.807, 2.05) is 38.1 Å². The molecular weight excluding hydrogens is 266 g/mol. The van der Waals surface area contributed by atoms with Crippen LogP contribution in [0.3, 0.4) is 0 Å². The molecule has 0 spiro atoms. The number of benzene rings is 1. The number of aryl methyl sites for hydroxylation is 2. The molecule has 0 fully saturated rings. The van der Waals surface area contributed by atoms with E-state index in [1.54, 1.807) is 7.11 Å². The summed E-state index contributed by atoms with van der Waals surface area (Å²) in [5, 5.41) is 8.03. The summed E-state index contributed by atoms with van der Waals surface area (Å²) in [6.07, 6.45) is 0.803. The zero-order valence-corrected chi connectivity index (χ0v) is 12.9. The molecule has 2 aromatic rings. The van der Waals surface area contributed by atoms with Crippen molar-refractivity contribution in [3.05, 3.63) is 46.8 Å². The highest BCUT2D eigenvalue weighted by atomic mass is 16.5. The van der Waals surface area contributed by atoms with E-state index in [0.29, 0.717) is 0 Å². The fourth-order valence-corrected chi connectivity index (χ4v) is 2.54. The second-order valence-electron chi connectivity index (χ2n) is 4.93. The monoisotopic (exact) mass is 287 g/mol. The minimum absolute atomic E-state index is 0.0536. The number of methoxy groups -OCH3 is 1. The molecule has 1 unspecified atom stereocenters. The Morgan fingerprint density at radius 3 is 2.57 bits per heavy atom. The molecule has 1 heterocycles. The molecule has 21 heavy (non-hydrogen) atoms. The summed E-state index contributed by atoms with van der Waals surface area (Å²) in [4.78, 5) is 0. The van der Waals surface area contributed by atoms with E-state index < -0.39 is 0 Å². The van der Waals surface area contributed by atoms with Crippen molar-refractivity contribution in [2.45, 2.75) is 33.1 Å². The van der Waals surface area contributed by atoms with Gasteiger partial charge in [-0.15, -0.1) is 0 Å². The predicted octanol–water partition coefficient (Wildman–Crippen LogP) is 3.02. The third kappa shape index (κ3) is 2.91. The number of hydrogen-bond donors (Lipinski definition) is 1. The van der Waals surface area contributed by atoms with Gasteiger partial charge in [-0.2, -0.15) is 5.10 Å². The molecule has 5 nitrogen and oxygen atoms in total. The number of hydrazone groups is 1. The van der Waals surface area contributed by atoms with Crippen LogP contribution >= 0.6 is 0 Å². The third-order valence-corrected chi connectivity index (χ3v) is 3.68. The quantitative estimate of drug-likeness (QED) is 0.521. The summed E-state index contributed by atoms with van der Waals surface area (Å²) >= 11 is 0. The van der Waals surface area contributed by atoms with E-state index in [-0.39, 0.29) is 5.92 Å². The van der Waals surface area contributed by atoms with Crippen LogP contribution in [0.15, 0.2) is 33.9 Å². The Morgan fingerprint density at radius 1 is 1.38 bits per heavy atom. The van der Waals surface area contributed by atoms with Crippen molar-refractivity contribution >= 4 is 5.71 Å². The largest absolute Gasteiger partial charge is 0.497 e. The van der Waals surface area contributed by atoms with E-state index in [2.05, 4.69) is 17.2 Å². The molecule has 1 atom stereocenters. The minimum Gasteiger partial charge on any atom is -0.497 e. The predicted molar refractivity (Wildman–Crippen MR) is 82.8 cm³/mol. The van der Waals surface area contributed by atoms with E-state index in [1.165, 1.54) is 0 Å².